The van der Waals surface area contributed by atoms with Crippen molar-refractivity contribution in [2.45, 2.75) is 51.1 Å². The quantitative estimate of drug-likeness (QED) is 0.702. The highest BCUT2D eigenvalue weighted by Gasteiger charge is 2.24. The lowest BCUT2D eigenvalue weighted by atomic mass is 10.1. The molecule has 1 saturated heterocycles. The Morgan fingerprint density at radius 3 is 2.38 bits per heavy atom. The number of Topliss-reactive ketones (excluding diaryl/α,β-unsaturated/α-hetero) is 1. The summed E-state index contributed by atoms with van der Waals surface area (Å²) in [5, 5.41) is 0.614. The minimum atomic E-state index is 0.275. The summed E-state index contributed by atoms with van der Waals surface area (Å²) in [5.41, 5.74) is 0. The van der Waals surface area contributed by atoms with Crippen molar-refractivity contribution in [1.29, 1.82) is 0 Å². The topological polar surface area (TPSA) is 26.3 Å². The van der Waals surface area contributed by atoms with Crippen LogP contribution >= 0.6 is 11.8 Å². The van der Waals surface area contributed by atoms with Gasteiger partial charge in [-0.15, -0.1) is 0 Å². The van der Waals surface area contributed by atoms with Gasteiger partial charge < -0.3 is 4.74 Å². The van der Waals surface area contributed by atoms with Gasteiger partial charge in [-0.3, -0.25) is 4.79 Å². The first-order chi connectivity index (χ1) is 6.08. The Bertz CT molecular complexity index is 172. The first kappa shape index (κ1) is 11.1. The van der Waals surface area contributed by atoms with Gasteiger partial charge >= 0.3 is 0 Å². The molecule has 1 heterocycles. The van der Waals surface area contributed by atoms with Gasteiger partial charge in [0.05, 0.1) is 18.0 Å². The van der Waals surface area contributed by atoms with E-state index in [1.807, 2.05) is 0 Å². The monoisotopic (exact) mass is 202 g/mol. The zero-order chi connectivity index (χ0) is 9.84. The van der Waals surface area contributed by atoms with Crippen molar-refractivity contribution in [1.82, 2.24) is 0 Å². The molecular formula is C10H18O2S. The number of ketones is 1. The van der Waals surface area contributed by atoms with E-state index in [0.29, 0.717) is 23.2 Å². The average molecular weight is 202 g/mol. The third-order valence-corrected chi connectivity index (χ3v) is 3.61. The molecule has 2 atom stereocenters. The highest BCUT2D eigenvalue weighted by Crippen LogP contribution is 2.28. The highest BCUT2D eigenvalue weighted by molar-refractivity contribution is 8.00. The Labute approximate surface area is 84.4 Å². The van der Waals surface area contributed by atoms with Crippen molar-refractivity contribution in [3.63, 3.8) is 0 Å². The molecule has 76 valence electrons. The van der Waals surface area contributed by atoms with Crippen LogP contribution in [0.2, 0.25) is 0 Å². The van der Waals surface area contributed by atoms with Gasteiger partial charge in [-0.2, -0.15) is 11.8 Å². The van der Waals surface area contributed by atoms with Gasteiger partial charge in [-0.1, -0.05) is 0 Å². The molecule has 1 aliphatic heterocycles. The number of hydrogen-bond acceptors (Lipinski definition) is 3. The van der Waals surface area contributed by atoms with Crippen LogP contribution in [0.25, 0.3) is 0 Å². The number of rotatable bonds is 3. The molecule has 0 N–H and O–H groups in total. The second-order valence-corrected chi connectivity index (χ2v) is 5.15. The Morgan fingerprint density at radius 1 is 1.38 bits per heavy atom. The minimum Gasteiger partial charge on any atom is -0.375 e. The van der Waals surface area contributed by atoms with Gasteiger partial charge in [0.2, 0.25) is 0 Å². The number of carbonyl (C=O) groups excluding carboxylic acids is 1. The minimum absolute atomic E-state index is 0.275. The van der Waals surface area contributed by atoms with Gasteiger partial charge in [0.25, 0.3) is 0 Å². The third-order valence-electron chi connectivity index (χ3n) is 2.18. The first-order valence-corrected chi connectivity index (χ1v) is 5.89. The van der Waals surface area contributed by atoms with E-state index >= 15 is 0 Å². The molecule has 0 aliphatic carbocycles. The number of thioether (sulfide) groups is 1. The molecule has 0 saturated carbocycles. The van der Waals surface area contributed by atoms with Crippen molar-refractivity contribution in [3.05, 3.63) is 0 Å². The van der Waals surface area contributed by atoms with E-state index in [1.54, 1.807) is 18.7 Å². The SMILES string of the molecule is CC(=O)CSC1CC(C)OC(C)C1. The maximum absolute atomic E-state index is 10.8. The second kappa shape index (κ2) is 5.01. The van der Waals surface area contributed by atoms with Gasteiger partial charge in [0, 0.05) is 5.25 Å². The summed E-state index contributed by atoms with van der Waals surface area (Å²) in [6.07, 6.45) is 2.88. The summed E-state index contributed by atoms with van der Waals surface area (Å²) in [4.78, 5) is 10.8. The molecule has 0 amide bonds. The number of ether oxygens (including phenoxy) is 1. The van der Waals surface area contributed by atoms with Crippen LogP contribution in [0.5, 0.6) is 0 Å². The summed E-state index contributed by atoms with van der Waals surface area (Å²) in [6.45, 7) is 5.87. The van der Waals surface area contributed by atoms with E-state index in [-0.39, 0.29) is 5.78 Å². The molecule has 1 fully saturated rings. The molecular weight excluding hydrogens is 184 g/mol. The molecule has 13 heavy (non-hydrogen) atoms. The zero-order valence-corrected chi connectivity index (χ0v) is 9.39. The van der Waals surface area contributed by atoms with Crippen molar-refractivity contribution >= 4 is 17.5 Å². The molecule has 3 heteroatoms. The van der Waals surface area contributed by atoms with Crippen LogP contribution < -0.4 is 0 Å². The Hall–Kier alpha value is -0.0200. The van der Waals surface area contributed by atoms with E-state index in [4.69, 9.17) is 4.74 Å². The molecule has 2 nitrogen and oxygen atoms in total. The van der Waals surface area contributed by atoms with Crippen LogP contribution in [0.15, 0.2) is 0 Å². The maximum atomic E-state index is 10.8. The predicted octanol–water partition coefficient (Wildman–Crippen LogP) is 2.26. The lowest BCUT2D eigenvalue weighted by Gasteiger charge is -2.31. The van der Waals surface area contributed by atoms with Crippen LogP contribution in [0, 0.1) is 0 Å². The summed E-state index contributed by atoms with van der Waals surface area (Å²) in [6, 6.07) is 0. The third kappa shape index (κ3) is 4.14. The molecule has 1 rings (SSSR count). The van der Waals surface area contributed by atoms with E-state index in [2.05, 4.69) is 13.8 Å². The van der Waals surface area contributed by atoms with Crippen LogP contribution in [0.3, 0.4) is 0 Å². The fourth-order valence-corrected chi connectivity index (χ4v) is 3.00. The summed E-state index contributed by atoms with van der Waals surface area (Å²) in [5.74, 6) is 0.932. The average Bonchev–Trinajstić information content (AvgIpc) is 1.99. The molecule has 0 radical (unpaired) electrons. The van der Waals surface area contributed by atoms with Gasteiger partial charge in [-0.05, 0) is 33.6 Å². The smallest absolute Gasteiger partial charge is 0.139 e. The van der Waals surface area contributed by atoms with Crippen molar-refractivity contribution in [3.8, 4) is 0 Å². The maximum Gasteiger partial charge on any atom is 0.139 e. The zero-order valence-electron chi connectivity index (χ0n) is 8.58. The molecule has 0 spiro atoms. The van der Waals surface area contributed by atoms with Crippen LogP contribution in [0.1, 0.15) is 33.6 Å². The Balaban J connectivity index is 2.28. The number of carbonyl (C=O) groups is 1. The van der Waals surface area contributed by atoms with Crippen molar-refractivity contribution in [2.24, 2.45) is 0 Å². The fraction of sp³-hybridized carbons (Fsp3) is 0.900. The van der Waals surface area contributed by atoms with Gasteiger partial charge in [0.1, 0.15) is 5.78 Å². The fourth-order valence-electron chi connectivity index (χ4n) is 1.72. The lowest BCUT2D eigenvalue weighted by Crippen LogP contribution is -2.31. The van der Waals surface area contributed by atoms with E-state index in [0.717, 1.165) is 12.8 Å². The van der Waals surface area contributed by atoms with Crippen LogP contribution in [0.4, 0.5) is 0 Å². The molecule has 0 aromatic carbocycles. The van der Waals surface area contributed by atoms with E-state index in [9.17, 15) is 4.79 Å². The molecule has 0 aromatic rings. The van der Waals surface area contributed by atoms with E-state index in [1.165, 1.54) is 0 Å². The largest absolute Gasteiger partial charge is 0.375 e. The standard InChI is InChI=1S/C10H18O2S/c1-7(11)6-13-10-4-8(2)12-9(3)5-10/h8-10H,4-6H2,1-3H3. The molecule has 1 aliphatic rings. The molecule has 0 aromatic heterocycles. The summed E-state index contributed by atoms with van der Waals surface area (Å²) in [7, 11) is 0. The lowest BCUT2D eigenvalue weighted by molar-refractivity contribution is -0.114. The molecule has 2 unspecified atom stereocenters. The second-order valence-electron chi connectivity index (χ2n) is 3.86. The van der Waals surface area contributed by atoms with Crippen molar-refractivity contribution < 1.29 is 9.53 Å². The van der Waals surface area contributed by atoms with Gasteiger partial charge in [0.15, 0.2) is 0 Å². The Kier molecular flexibility index (Phi) is 4.26. The summed E-state index contributed by atoms with van der Waals surface area (Å²) < 4.78 is 5.62. The number of hydrogen-bond donors (Lipinski definition) is 0. The van der Waals surface area contributed by atoms with Crippen LogP contribution in [-0.4, -0.2) is 29.0 Å². The molecule has 0 bridgehead atoms. The van der Waals surface area contributed by atoms with Crippen LogP contribution in [-0.2, 0) is 9.53 Å². The summed E-state index contributed by atoms with van der Waals surface area (Å²) >= 11 is 1.78. The first-order valence-electron chi connectivity index (χ1n) is 4.84. The Morgan fingerprint density at radius 2 is 1.92 bits per heavy atom. The highest BCUT2D eigenvalue weighted by atomic mass is 32.2. The van der Waals surface area contributed by atoms with Crippen molar-refractivity contribution in [2.75, 3.05) is 5.75 Å². The predicted molar refractivity (Wildman–Crippen MR) is 56.2 cm³/mol. The van der Waals surface area contributed by atoms with Gasteiger partial charge in [-0.25, -0.2) is 0 Å². The normalized spacial score (nSPS) is 34.5. The van der Waals surface area contributed by atoms with E-state index < -0.39 is 0 Å².